The summed E-state index contributed by atoms with van der Waals surface area (Å²) in [5.74, 6) is -0.824. The number of carbonyl (C=O) groups is 1. The maximum atomic E-state index is 11.2. The number of aliphatic carboxylic acids is 1. The van der Waals surface area contributed by atoms with E-state index < -0.39 is 5.97 Å². The second-order valence-electron chi connectivity index (χ2n) is 6.84. The molecule has 0 bridgehead atoms. The van der Waals surface area contributed by atoms with Crippen molar-refractivity contribution in [2.75, 3.05) is 0 Å². The van der Waals surface area contributed by atoms with Gasteiger partial charge in [-0.05, 0) is 51.4 Å². The van der Waals surface area contributed by atoms with Crippen LogP contribution < -0.4 is 0 Å². The van der Waals surface area contributed by atoms with E-state index in [-0.39, 0.29) is 5.92 Å². The highest BCUT2D eigenvalue weighted by Crippen LogP contribution is 2.15. The molecule has 0 rings (SSSR count). The molecule has 1 N–H and O–H groups in total. The molecule has 0 radical (unpaired) electrons. The molecule has 0 saturated heterocycles. The number of hydrogen-bond acceptors (Lipinski definition) is 1. The summed E-state index contributed by atoms with van der Waals surface area (Å²) in [6.45, 7) is 4.34. The maximum absolute atomic E-state index is 11.2. The summed E-state index contributed by atoms with van der Waals surface area (Å²) in [5, 5.41) is 9.18. The molecule has 0 aliphatic heterocycles. The first-order valence-electron chi connectivity index (χ1n) is 10.5. The minimum absolute atomic E-state index is 0.180. The normalized spacial score (nSPS) is 13.6. The first-order chi connectivity index (χ1) is 12.7. The predicted molar refractivity (Wildman–Crippen MR) is 114 cm³/mol. The summed E-state index contributed by atoms with van der Waals surface area (Å²) in [7, 11) is 0. The zero-order valence-electron chi connectivity index (χ0n) is 17.0. The molecular weight excluding hydrogens is 320 g/mol. The zero-order valence-corrected chi connectivity index (χ0v) is 17.0. The molecule has 2 nitrogen and oxygen atoms in total. The van der Waals surface area contributed by atoms with Crippen molar-refractivity contribution in [2.24, 2.45) is 5.92 Å². The summed E-state index contributed by atoms with van der Waals surface area (Å²) in [4.78, 5) is 11.2. The van der Waals surface area contributed by atoms with Crippen molar-refractivity contribution in [3.8, 4) is 0 Å². The largest absolute Gasteiger partial charge is 0.481 e. The van der Waals surface area contributed by atoms with Crippen molar-refractivity contribution in [3.63, 3.8) is 0 Å². The average Bonchev–Trinajstić information content (AvgIpc) is 2.63. The van der Waals surface area contributed by atoms with Crippen molar-refractivity contribution in [3.05, 3.63) is 48.6 Å². The number of hydrogen-bond donors (Lipinski definition) is 1. The van der Waals surface area contributed by atoms with E-state index in [2.05, 4.69) is 62.5 Å². The fourth-order valence-electron chi connectivity index (χ4n) is 2.70. The van der Waals surface area contributed by atoms with Crippen LogP contribution in [0.1, 0.15) is 90.9 Å². The highest BCUT2D eigenvalue weighted by molar-refractivity contribution is 5.69. The Balaban J connectivity index is 3.65. The van der Waals surface area contributed by atoms with E-state index in [0.717, 1.165) is 51.4 Å². The Labute approximate surface area is 161 Å². The first kappa shape index (κ1) is 24.4. The number of carboxylic acids is 1. The van der Waals surface area contributed by atoms with Gasteiger partial charge >= 0.3 is 5.97 Å². The first-order valence-corrected chi connectivity index (χ1v) is 10.5. The smallest absolute Gasteiger partial charge is 0.306 e. The molecule has 0 fully saturated rings. The van der Waals surface area contributed by atoms with Gasteiger partial charge in [-0.3, -0.25) is 4.79 Å². The lowest BCUT2D eigenvalue weighted by atomic mass is 9.97. The Morgan fingerprint density at radius 3 is 1.69 bits per heavy atom. The Hall–Kier alpha value is -1.57. The Bertz CT molecular complexity index is 429. The predicted octanol–water partition coefficient (Wildman–Crippen LogP) is 7.63. The van der Waals surface area contributed by atoms with E-state index in [1.54, 1.807) is 0 Å². The number of unbranched alkanes of at least 4 members (excludes halogenated alkanes) is 4. The lowest BCUT2D eigenvalue weighted by Crippen LogP contribution is -2.13. The molecule has 0 aromatic heterocycles. The lowest BCUT2D eigenvalue weighted by Gasteiger charge is -2.09. The second kappa shape index (κ2) is 19.8. The molecule has 0 aliphatic rings. The van der Waals surface area contributed by atoms with Crippen LogP contribution in [0.3, 0.4) is 0 Å². The van der Waals surface area contributed by atoms with Gasteiger partial charge in [-0.25, -0.2) is 0 Å². The number of allylic oxidation sites excluding steroid dienone is 8. The van der Waals surface area contributed by atoms with Gasteiger partial charge in [0.1, 0.15) is 0 Å². The molecule has 2 heteroatoms. The molecule has 0 aliphatic carbocycles. The molecule has 0 amide bonds. The summed E-state index contributed by atoms with van der Waals surface area (Å²) < 4.78 is 0. The van der Waals surface area contributed by atoms with Crippen LogP contribution in [0.4, 0.5) is 0 Å². The number of rotatable bonds is 17. The third-order valence-electron chi connectivity index (χ3n) is 4.39. The molecule has 0 aromatic carbocycles. The molecule has 0 spiro atoms. The van der Waals surface area contributed by atoms with Crippen LogP contribution in [-0.4, -0.2) is 11.1 Å². The van der Waals surface area contributed by atoms with Gasteiger partial charge in [0.25, 0.3) is 0 Å². The highest BCUT2D eigenvalue weighted by atomic mass is 16.4. The minimum atomic E-state index is -0.644. The van der Waals surface area contributed by atoms with E-state index in [1.807, 2.05) is 0 Å². The average molecular weight is 361 g/mol. The standard InChI is InChI=1S/C24H40O2/c1-3-5-7-8-9-10-11-12-13-14-15-16-17-18-19-20-22-23(24(25)26)21-6-4-2/h9-10,12-13,15-16,18-19,23H,3-8,11,14,17,20-22H2,1-2H3,(H,25,26)/b10-9-,13-12-,16-15-,19-18-. The SMILES string of the molecule is CCCCC/C=C\C/C=C\C/C=C\C/C=C\CCC(CCCC)C(=O)O. The molecule has 0 aromatic rings. The van der Waals surface area contributed by atoms with Gasteiger partial charge in [-0.2, -0.15) is 0 Å². The molecular formula is C24H40O2. The Kier molecular flexibility index (Phi) is 18.6. The van der Waals surface area contributed by atoms with E-state index in [4.69, 9.17) is 0 Å². The van der Waals surface area contributed by atoms with Gasteiger partial charge in [-0.1, -0.05) is 88.1 Å². The fraction of sp³-hybridized carbons (Fsp3) is 0.625. The summed E-state index contributed by atoms with van der Waals surface area (Å²) >= 11 is 0. The van der Waals surface area contributed by atoms with Crippen LogP contribution in [0.25, 0.3) is 0 Å². The lowest BCUT2D eigenvalue weighted by molar-refractivity contribution is -0.142. The van der Waals surface area contributed by atoms with E-state index in [0.29, 0.717) is 0 Å². The third-order valence-corrected chi connectivity index (χ3v) is 4.39. The summed E-state index contributed by atoms with van der Waals surface area (Å²) in [6, 6.07) is 0. The Morgan fingerprint density at radius 2 is 1.19 bits per heavy atom. The minimum Gasteiger partial charge on any atom is -0.481 e. The molecule has 0 heterocycles. The molecule has 0 saturated carbocycles. The van der Waals surface area contributed by atoms with Crippen molar-refractivity contribution in [2.45, 2.75) is 90.9 Å². The van der Waals surface area contributed by atoms with E-state index in [9.17, 15) is 9.90 Å². The number of carboxylic acid groups (broad SMARTS) is 1. The van der Waals surface area contributed by atoms with Gasteiger partial charge in [0.05, 0.1) is 5.92 Å². The van der Waals surface area contributed by atoms with Crippen molar-refractivity contribution in [1.29, 1.82) is 0 Å². The van der Waals surface area contributed by atoms with Crippen molar-refractivity contribution in [1.82, 2.24) is 0 Å². The molecule has 148 valence electrons. The quantitative estimate of drug-likeness (QED) is 0.214. The Morgan fingerprint density at radius 1 is 0.692 bits per heavy atom. The highest BCUT2D eigenvalue weighted by Gasteiger charge is 2.15. The zero-order chi connectivity index (χ0) is 19.3. The van der Waals surface area contributed by atoms with Gasteiger partial charge in [0, 0.05) is 0 Å². The van der Waals surface area contributed by atoms with Crippen LogP contribution in [-0.2, 0) is 4.79 Å². The molecule has 26 heavy (non-hydrogen) atoms. The topological polar surface area (TPSA) is 37.3 Å². The van der Waals surface area contributed by atoms with Crippen LogP contribution in [0.5, 0.6) is 0 Å². The van der Waals surface area contributed by atoms with Crippen LogP contribution >= 0.6 is 0 Å². The van der Waals surface area contributed by atoms with Crippen LogP contribution in [0.2, 0.25) is 0 Å². The van der Waals surface area contributed by atoms with Crippen molar-refractivity contribution >= 4 is 5.97 Å². The maximum Gasteiger partial charge on any atom is 0.306 e. The van der Waals surface area contributed by atoms with Crippen LogP contribution in [0, 0.1) is 5.92 Å². The molecule has 1 atom stereocenters. The monoisotopic (exact) mass is 360 g/mol. The van der Waals surface area contributed by atoms with Gasteiger partial charge in [0.15, 0.2) is 0 Å². The second-order valence-corrected chi connectivity index (χ2v) is 6.84. The van der Waals surface area contributed by atoms with E-state index >= 15 is 0 Å². The van der Waals surface area contributed by atoms with Gasteiger partial charge in [0.2, 0.25) is 0 Å². The summed E-state index contributed by atoms with van der Waals surface area (Å²) in [5.41, 5.74) is 0. The van der Waals surface area contributed by atoms with Gasteiger partial charge < -0.3 is 5.11 Å². The third kappa shape index (κ3) is 17.3. The van der Waals surface area contributed by atoms with E-state index in [1.165, 1.54) is 25.7 Å². The molecule has 1 unspecified atom stereocenters. The van der Waals surface area contributed by atoms with Gasteiger partial charge in [-0.15, -0.1) is 0 Å². The fourth-order valence-corrected chi connectivity index (χ4v) is 2.70. The van der Waals surface area contributed by atoms with Crippen LogP contribution in [0.15, 0.2) is 48.6 Å². The summed E-state index contributed by atoms with van der Waals surface area (Å²) in [6.07, 6.45) is 30.2. The van der Waals surface area contributed by atoms with Crippen molar-refractivity contribution < 1.29 is 9.90 Å².